The minimum absolute atomic E-state index is 0.0558. The van der Waals surface area contributed by atoms with Crippen molar-refractivity contribution in [3.8, 4) is 0 Å². The van der Waals surface area contributed by atoms with Crippen LogP contribution in [0.5, 0.6) is 0 Å². The number of hydrogen-bond acceptors (Lipinski definition) is 4. The van der Waals surface area contributed by atoms with E-state index in [1.54, 1.807) is 13.8 Å². The van der Waals surface area contributed by atoms with E-state index in [4.69, 9.17) is 5.73 Å². The molecule has 0 heterocycles. The van der Waals surface area contributed by atoms with Crippen LogP contribution in [0.1, 0.15) is 19.4 Å². The van der Waals surface area contributed by atoms with Crippen molar-refractivity contribution in [3.05, 3.63) is 35.4 Å². The normalized spacial score (nSPS) is 13.4. The van der Waals surface area contributed by atoms with Gasteiger partial charge in [0.05, 0.1) is 6.61 Å². The number of nitrogens with two attached hydrogens (primary N) is 1. The van der Waals surface area contributed by atoms with Crippen molar-refractivity contribution in [2.24, 2.45) is 5.73 Å². The summed E-state index contributed by atoms with van der Waals surface area (Å²) >= 11 is 0. The van der Waals surface area contributed by atoms with Crippen molar-refractivity contribution < 1.29 is 23.1 Å². The second kappa shape index (κ2) is 7.68. The van der Waals surface area contributed by atoms with Gasteiger partial charge in [-0.2, -0.15) is 0 Å². The fraction of sp³-hybridized carbons (Fsp3) is 0.429. The lowest BCUT2D eigenvalue weighted by Gasteiger charge is -2.17. The molecule has 0 bridgehead atoms. The zero-order chi connectivity index (χ0) is 16.0. The number of carbonyl (C=O) groups excluding carboxylic acids is 2. The van der Waals surface area contributed by atoms with E-state index in [2.05, 4.69) is 10.1 Å². The molecule has 0 radical (unpaired) electrons. The zero-order valence-corrected chi connectivity index (χ0v) is 11.9. The van der Waals surface area contributed by atoms with Gasteiger partial charge in [0, 0.05) is 11.6 Å². The van der Waals surface area contributed by atoms with Gasteiger partial charge >= 0.3 is 5.97 Å². The second-order valence-corrected chi connectivity index (χ2v) is 4.54. The molecule has 1 amide bonds. The number of rotatable bonds is 6. The molecule has 1 rings (SSSR count). The smallest absolute Gasteiger partial charge is 0.332 e. The molecule has 0 aromatic heterocycles. The van der Waals surface area contributed by atoms with E-state index in [0.29, 0.717) is 0 Å². The van der Waals surface area contributed by atoms with Crippen LogP contribution in [0.4, 0.5) is 8.78 Å². The highest BCUT2D eigenvalue weighted by molar-refractivity contribution is 6.01. The Labute approximate surface area is 121 Å². The van der Waals surface area contributed by atoms with Crippen molar-refractivity contribution in [1.29, 1.82) is 0 Å². The third kappa shape index (κ3) is 4.78. The minimum atomic E-state index is -1.46. The molecule has 0 aliphatic rings. The molecule has 3 N–H and O–H groups in total. The summed E-state index contributed by atoms with van der Waals surface area (Å²) in [5, 5.41) is 2.42. The molecular formula is C14H18F2N2O3. The van der Waals surface area contributed by atoms with Gasteiger partial charge in [0.25, 0.3) is 0 Å². The lowest BCUT2D eigenvalue weighted by molar-refractivity contribution is -0.148. The predicted molar refractivity (Wildman–Crippen MR) is 72.3 cm³/mol. The van der Waals surface area contributed by atoms with Gasteiger partial charge in [-0.05, 0) is 32.4 Å². The standard InChI is InChI=1S/C14H18F2N2O3/c1-3-21-14(20)12(17)13(19)18-8(2)7-9-10(15)5-4-6-11(9)16/h4-6,8,12H,3,7,17H2,1-2H3,(H,18,19). The van der Waals surface area contributed by atoms with E-state index in [1.807, 2.05) is 0 Å². The molecule has 0 aliphatic heterocycles. The number of hydrogen-bond donors (Lipinski definition) is 2. The number of ether oxygens (including phenoxy) is 1. The molecule has 7 heteroatoms. The van der Waals surface area contributed by atoms with Gasteiger partial charge in [0.15, 0.2) is 6.04 Å². The first kappa shape index (κ1) is 17.0. The summed E-state index contributed by atoms with van der Waals surface area (Å²) in [5.41, 5.74) is 5.28. The highest BCUT2D eigenvalue weighted by Gasteiger charge is 2.25. The maximum Gasteiger partial charge on any atom is 0.332 e. The number of nitrogens with one attached hydrogen (secondary N) is 1. The van der Waals surface area contributed by atoms with Crippen LogP contribution < -0.4 is 11.1 Å². The van der Waals surface area contributed by atoms with E-state index in [9.17, 15) is 18.4 Å². The molecule has 2 unspecified atom stereocenters. The Balaban J connectivity index is 2.63. The molecular weight excluding hydrogens is 282 g/mol. The molecule has 21 heavy (non-hydrogen) atoms. The summed E-state index contributed by atoms with van der Waals surface area (Å²) in [7, 11) is 0. The van der Waals surface area contributed by atoms with Crippen LogP contribution in [-0.4, -0.2) is 30.6 Å². The highest BCUT2D eigenvalue weighted by Crippen LogP contribution is 2.14. The molecule has 2 atom stereocenters. The maximum absolute atomic E-state index is 13.5. The zero-order valence-electron chi connectivity index (χ0n) is 11.9. The summed E-state index contributed by atoms with van der Waals surface area (Å²) in [4.78, 5) is 23.0. The Morgan fingerprint density at radius 3 is 2.43 bits per heavy atom. The third-order valence-corrected chi connectivity index (χ3v) is 2.78. The van der Waals surface area contributed by atoms with Gasteiger partial charge in [0.2, 0.25) is 5.91 Å². The van der Waals surface area contributed by atoms with Gasteiger partial charge in [-0.15, -0.1) is 0 Å². The van der Waals surface area contributed by atoms with Crippen LogP contribution in [0.25, 0.3) is 0 Å². The highest BCUT2D eigenvalue weighted by atomic mass is 19.1. The summed E-state index contributed by atoms with van der Waals surface area (Å²) < 4.78 is 31.6. The van der Waals surface area contributed by atoms with Crippen molar-refractivity contribution >= 4 is 11.9 Å². The SMILES string of the molecule is CCOC(=O)C(N)C(=O)NC(C)Cc1c(F)cccc1F. The summed E-state index contributed by atoms with van der Waals surface area (Å²) in [6, 6.07) is 1.48. The van der Waals surface area contributed by atoms with Gasteiger partial charge in [-0.3, -0.25) is 4.79 Å². The molecule has 0 spiro atoms. The van der Waals surface area contributed by atoms with Crippen molar-refractivity contribution in [2.75, 3.05) is 6.61 Å². The van der Waals surface area contributed by atoms with Crippen LogP contribution in [0, 0.1) is 11.6 Å². The largest absolute Gasteiger partial charge is 0.464 e. The lowest BCUT2D eigenvalue weighted by Crippen LogP contribution is -2.49. The summed E-state index contributed by atoms with van der Waals surface area (Å²) in [5.74, 6) is -2.98. The average molecular weight is 300 g/mol. The number of esters is 1. The first-order valence-corrected chi connectivity index (χ1v) is 6.52. The van der Waals surface area contributed by atoms with E-state index >= 15 is 0 Å². The molecule has 0 saturated carbocycles. The van der Waals surface area contributed by atoms with Gasteiger partial charge in [-0.25, -0.2) is 13.6 Å². The first-order valence-electron chi connectivity index (χ1n) is 6.52. The first-order chi connectivity index (χ1) is 9.86. The fourth-order valence-corrected chi connectivity index (χ4v) is 1.76. The maximum atomic E-state index is 13.5. The molecule has 0 fully saturated rings. The molecule has 1 aromatic rings. The van der Waals surface area contributed by atoms with Crippen molar-refractivity contribution in [2.45, 2.75) is 32.4 Å². The lowest BCUT2D eigenvalue weighted by atomic mass is 10.1. The second-order valence-electron chi connectivity index (χ2n) is 4.54. The average Bonchev–Trinajstić information content (AvgIpc) is 2.42. The van der Waals surface area contributed by atoms with Crippen LogP contribution in [-0.2, 0) is 20.7 Å². The van der Waals surface area contributed by atoms with E-state index in [0.717, 1.165) is 12.1 Å². The van der Waals surface area contributed by atoms with Crippen LogP contribution in [0.2, 0.25) is 0 Å². The van der Waals surface area contributed by atoms with Crippen LogP contribution in [0.15, 0.2) is 18.2 Å². The van der Waals surface area contributed by atoms with Crippen molar-refractivity contribution in [3.63, 3.8) is 0 Å². The van der Waals surface area contributed by atoms with E-state index in [-0.39, 0.29) is 18.6 Å². The number of halogens is 2. The quantitative estimate of drug-likeness (QED) is 0.604. The molecule has 0 saturated heterocycles. The molecule has 5 nitrogen and oxygen atoms in total. The van der Waals surface area contributed by atoms with Gasteiger partial charge in [0.1, 0.15) is 11.6 Å². The predicted octanol–water partition coefficient (Wildman–Crippen LogP) is 0.902. The Morgan fingerprint density at radius 2 is 1.90 bits per heavy atom. The minimum Gasteiger partial charge on any atom is -0.464 e. The number of amides is 1. The Hall–Kier alpha value is -2.02. The third-order valence-electron chi connectivity index (χ3n) is 2.78. The van der Waals surface area contributed by atoms with Crippen LogP contribution in [0.3, 0.4) is 0 Å². The number of benzene rings is 1. The summed E-state index contributed by atoms with van der Waals surface area (Å²) in [6.07, 6.45) is -0.0558. The Kier molecular flexibility index (Phi) is 6.23. The van der Waals surface area contributed by atoms with E-state index < -0.39 is 35.6 Å². The van der Waals surface area contributed by atoms with Crippen LogP contribution >= 0.6 is 0 Å². The monoisotopic (exact) mass is 300 g/mol. The van der Waals surface area contributed by atoms with E-state index in [1.165, 1.54) is 6.07 Å². The Morgan fingerprint density at radius 1 is 1.33 bits per heavy atom. The molecule has 0 aliphatic carbocycles. The number of carbonyl (C=O) groups is 2. The van der Waals surface area contributed by atoms with Crippen molar-refractivity contribution in [1.82, 2.24) is 5.32 Å². The fourth-order valence-electron chi connectivity index (χ4n) is 1.76. The Bertz CT molecular complexity index is 503. The molecule has 1 aromatic carbocycles. The van der Waals surface area contributed by atoms with Gasteiger partial charge in [-0.1, -0.05) is 6.07 Å². The topological polar surface area (TPSA) is 81.4 Å². The molecule has 116 valence electrons. The van der Waals surface area contributed by atoms with Gasteiger partial charge < -0.3 is 15.8 Å². The summed E-state index contributed by atoms with van der Waals surface area (Å²) in [6.45, 7) is 3.25.